The van der Waals surface area contributed by atoms with E-state index in [1.54, 1.807) is 14.2 Å². The molecule has 0 unspecified atom stereocenters. The molecule has 0 amide bonds. The van der Waals surface area contributed by atoms with Crippen LogP contribution in [-0.4, -0.2) is 28.0 Å². The van der Waals surface area contributed by atoms with Crippen molar-refractivity contribution in [1.29, 1.82) is 0 Å². The molecule has 94 valence electrons. The molecule has 0 saturated carbocycles. The van der Waals surface area contributed by atoms with Crippen molar-refractivity contribution in [2.75, 3.05) is 7.11 Å². The van der Waals surface area contributed by atoms with Gasteiger partial charge in [0.25, 0.3) is 0 Å². The highest BCUT2D eigenvalue weighted by Crippen LogP contribution is 2.31. The first-order valence-electron chi connectivity index (χ1n) is 5.45. The second kappa shape index (κ2) is 4.52. The first kappa shape index (κ1) is 12.2. The molecule has 2 rings (SSSR count). The average molecular weight is 246 g/mol. The summed E-state index contributed by atoms with van der Waals surface area (Å²) in [6, 6.07) is 5.59. The number of aryl methyl sites for hydroxylation is 2. The molecule has 5 nitrogen and oxygen atoms in total. The topological polar surface area (TPSA) is 64.4 Å². The van der Waals surface area contributed by atoms with Gasteiger partial charge in [0.05, 0.1) is 7.11 Å². The van der Waals surface area contributed by atoms with Gasteiger partial charge in [0.2, 0.25) is 0 Å². The normalized spacial score (nSPS) is 10.4. The van der Waals surface area contributed by atoms with Crippen LogP contribution in [0.1, 0.15) is 15.9 Å². The molecule has 1 aromatic heterocycles. The van der Waals surface area contributed by atoms with Crippen molar-refractivity contribution in [3.8, 4) is 17.0 Å². The molecule has 0 spiro atoms. The lowest BCUT2D eigenvalue weighted by Gasteiger charge is -2.08. The SMILES string of the molecule is COc1ccc(C)cc1-c1nn(C)cc1C(=O)O. The molecule has 2 aromatic rings. The molecule has 0 bridgehead atoms. The van der Waals surface area contributed by atoms with Crippen LogP contribution in [0.3, 0.4) is 0 Å². The first-order valence-corrected chi connectivity index (χ1v) is 5.45. The molecular weight excluding hydrogens is 232 g/mol. The number of aromatic nitrogens is 2. The van der Waals surface area contributed by atoms with Gasteiger partial charge >= 0.3 is 5.97 Å². The number of hydrogen-bond donors (Lipinski definition) is 1. The molecule has 0 aliphatic carbocycles. The molecule has 0 radical (unpaired) electrons. The minimum absolute atomic E-state index is 0.168. The zero-order valence-electron chi connectivity index (χ0n) is 10.5. The Bertz CT molecular complexity index is 602. The number of carbonyl (C=O) groups is 1. The minimum Gasteiger partial charge on any atom is -0.496 e. The number of benzene rings is 1. The van der Waals surface area contributed by atoms with E-state index in [1.807, 2.05) is 25.1 Å². The maximum Gasteiger partial charge on any atom is 0.339 e. The highest BCUT2D eigenvalue weighted by atomic mass is 16.5. The lowest BCUT2D eigenvalue weighted by molar-refractivity contribution is 0.0697. The van der Waals surface area contributed by atoms with Crippen molar-refractivity contribution in [1.82, 2.24) is 9.78 Å². The van der Waals surface area contributed by atoms with Gasteiger partial charge in [0.15, 0.2) is 0 Å². The summed E-state index contributed by atoms with van der Waals surface area (Å²) in [6.07, 6.45) is 1.49. The summed E-state index contributed by atoms with van der Waals surface area (Å²) in [5.74, 6) is -0.386. The Balaban J connectivity index is 2.68. The molecule has 18 heavy (non-hydrogen) atoms. The number of nitrogens with zero attached hydrogens (tertiary/aromatic N) is 2. The third kappa shape index (κ3) is 2.07. The van der Waals surface area contributed by atoms with E-state index < -0.39 is 5.97 Å². The van der Waals surface area contributed by atoms with Crippen LogP contribution in [0.2, 0.25) is 0 Å². The highest BCUT2D eigenvalue weighted by Gasteiger charge is 2.19. The lowest BCUT2D eigenvalue weighted by atomic mass is 10.0. The minimum atomic E-state index is -0.998. The van der Waals surface area contributed by atoms with Gasteiger partial charge in [-0.25, -0.2) is 4.79 Å². The Kier molecular flexibility index (Phi) is 3.06. The van der Waals surface area contributed by atoms with E-state index in [2.05, 4.69) is 5.10 Å². The number of carboxylic acids is 1. The molecule has 1 heterocycles. The van der Waals surface area contributed by atoms with Crippen molar-refractivity contribution in [2.45, 2.75) is 6.92 Å². The third-order valence-corrected chi connectivity index (χ3v) is 2.67. The van der Waals surface area contributed by atoms with Crippen LogP contribution in [0.4, 0.5) is 0 Å². The van der Waals surface area contributed by atoms with E-state index in [1.165, 1.54) is 10.9 Å². The molecule has 5 heteroatoms. The molecule has 0 aliphatic rings. The van der Waals surface area contributed by atoms with Gasteiger partial charge in [-0.2, -0.15) is 5.10 Å². The monoisotopic (exact) mass is 246 g/mol. The number of methoxy groups -OCH3 is 1. The number of aromatic carboxylic acids is 1. The van der Waals surface area contributed by atoms with Crippen LogP contribution in [0.5, 0.6) is 5.75 Å². The molecule has 1 aromatic carbocycles. The maximum absolute atomic E-state index is 11.2. The van der Waals surface area contributed by atoms with Crippen molar-refractivity contribution in [3.05, 3.63) is 35.5 Å². The Morgan fingerprint density at radius 1 is 1.44 bits per heavy atom. The Morgan fingerprint density at radius 3 is 2.78 bits per heavy atom. The third-order valence-electron chi connectivity index (χ3n) is 2.67. The van der Waals surface area contributed by atoms with Gasteiger partial charge in [-0.3, -0.25) is 4.68 Å². The van der Waals surface area contributed by atoms with Crippen LogP contribution >= 0.6 is 0 Å². The smallest absolute Gasteiger partial charge is 0.339 e. The predicted octanol–water partition coefficient (Wildman–Crippen LogP) is 2.10. The molecule has 0 fully saturated rings. The molecule has 0 atom stereocenters. The van der Waals surface area contributed by atoms with E-state index in [4.69, 9.17) is 4.74 Å². The molecule has 0 saturated heterocycles. The fourth-order valence-corrected chi connectivity index (χ4v) is 1.85. The standard InChI is InChI=1S/C13H14N2O3/c1-8-4-5-11(18-3)9(6-8)12-10(13(16)17)7-15(2)14-12/h4-7H,1-3H3,(H,16,17). The summed E-state index contributed by atoms with van der Waals surface area (Å²) in [5, 5.41) is 13.4. The second-order valence-corrected chi connectivity index (χ2v) is 4.07. The van der Waals surface area contributed by atoms with E-state index in [9.17, 15) is 9.90 Å². The summed E-state index contributed by atoms with van der Waals surface area (Å²) in [7, 11) is 3.25. The number of rotatable bonds is 3. The van der Waals surface area contributed by atoms with Gasteiger partial charge in [-0.1, -0.05) is 11.6 Å². The summed E-state index contributed by atoms with van der Waals surface area (Å²) in [5.41, 5.74) is 2.30. The van der Waals surface area contributed by atoms with Gasteiger partial charge in [0, 0.05) is 18.8 Å². The summed E-state index contributed by atoms with van der Waals surface area (Å²) >= 11 is 0. The van der Waals surface area contributed by atoms with Crippen LogP contribution in [0.15, 0.2) is 24.4 Å². The summed E-state index contributed by atoms with van der Waals surface area (Å²) in [4.78, 5) is 11.2. The van der Waals surface area contributed by atoms with E-state index in [0.717, 1.165) is 5.56 Å². The van der Waals surface area contributed by atoms with Gasteiger partial charge < -0.3 is 9.84 Å². The quantitative estimate of drug-likeness (QED) is 0.900. The van der Waals surface area contributed by atoms with Crippen molar-refractivity contribution in [2.24, 2.45) is 7.05 Å². The Hall–Kier alpha value is -2.30. The van der Waals surface area contributed by atoms with Gasteiger partial charge in [0.1, 0.15) is 17.0 Å². The molecule has 0 aliphatic heterocycles. The fraction of sp³-hybridized carbons (Fsp3) is 0.231. The summed E-state index contributed by atoms with van der Waals surface area (Å²) < 4.78 is 6.74. The average Bonchev–Trinajstić information content (AvgIpc) is 2.71. The maximum atomic E-state index is 11.2. The molecular formula is C13H14N2O3. The van der Waals surface area contributed by atoms with E-state index in [-0.39, 0.29) is 5.56 Å². The molecule has 1 N–H and O–H groups in total. The van der Waals surface area contributed by atoms with Gasteiger partial charge in [-0.05, 0) is 19.1 Å². The number of carboxylic acid groups (broad SMARTS) is 1. The lowest BCUT2D eigenvalue weighted by Crippen LogP contribution is -1.98. The van der Waals surface area contributed by atoms with Crippen molar-refractivity contribution < 1.29 is 14.6 Å². The van der Waals surface area contributed by atoms with E-state index >= 15 is 0 Å². The van der Waals surface area contributed by atoms with Gasteiger partial charge in [-0.15, -0.1) is 0 Å². The van der Waals surface area contributed by atoms with Crippen LogP contribution in [-0.2, 0) is 7.05 Å². The predicted molar refractivity (Wildman–Crippen MR) is 66.9 cm³/mol. The fourth-order valence-electron chi connectivity index (χ4n) is 1.85. The van der Waals surface area contributed by atoms with Crippen LogP contribution in [0.25, 0.3) is 11.3 Å². The van der Waals surface area contributed by atoms with Crippen LogP contribution < -0.4 is 4.74 Å². The first-order chi connectivity index (χ1) is 8.52. The van der Waals surface area contributed by atoms with Crippen molar-refractivity contribution in [3.63, 3.8) is 0 Å². The zero-order valence-corrected chi connectivity index (χ0v) is 10.5. The zero-order chi connectivity index (χ0) is 13.3. The second-order valence-electron chi connectivity index (χ2n) is 4.07. The Morgan fingerprint density at radius 2 is 2.17 bits per heavy atom. The summed E-state index contributed by atoms with van der Waals surface area (Å²) in [6.45, 7) is 1.94. The van der Waals surface area contributed by atoms with Crippen LogP contribution in [0, 0.1) is 6.92 Å². The Labute approximate surface area is 105 Å². The van der Waals surface area contributed by atoms with Crippen molar-refractivity contribution >= 4 is 5.97 Å². The van der Waals surface area contributed by atoms with E-state index in [0.29, 0.717) is 17.0 Å². The number of hydrogen-bond acceptors (Lipinski definition) is 3. The largest absolute Gasteiger partial charge is 0.496 e. The number of ether oxygens (including phenoxy) is 1. The highest BCUT2D eigenvalue weighted by molar-refractivity contribution is 5.95.